The van der Waals surface area contributed by atoms with Crippen LogP contribution in [-0.2, 0) is 9.39 Å². The molecule has 0 amide bonds. The summed E-state index contributed by atoms with van der Waals surface area (Å²) in [5.74, 6) is 0. The van der Waals surface area contributed by atoms with Crippen LogP contribution in [0.5, 0.6) is 0 Å². The molecule has 0 atom stereocenters. The summed E-state index contributed by atoms with van der Waals surface area (Å²) in [5.41, 5.74) is 1.26. The standard InChI is InChI=1S/C7H12BO2/c1-2-10-8-7-3-5-9-6-4-7/h3H,2,4-6H2,1H3. The van der Waals surface area contributed by atoms with E-state index in [-0.39, 0.29) is 0 Å². The van der Waals surface area contributed by atoms with Gasteiger partial charge in [0.15, 0.2) is 0 Å². The van der Waals surface area contributed by atoms with Crippen LogP contribution < -0.4 is 0 Å². The lowest BCUT2D eigenvalue weighted by Crippen LogP contribution is -2.11. The Hall–Kier alpha value is -0.275. The fourth-order valence-electron chi connectivity index (χ4n) is 0.839. The number of rotatable bonds is 3. The van der Waals surface area contributed by atoms with Gasteiger partial charge in [-0.2, -0.15) is 0 Å². The Morgan fingerprint density at radius 2 is 2.70 bits per heavy atom. The van der Waals surface area contributed by atoms with Gasteiger partial charge in [-0.05, 0) is 13.3 Å². The Bertz CT molecular complexity index is 123. The minimum Gasteiger partial charge on any atom is -0.435 e. The van der Waals surface area contributed by atoms with Crippen LogP contribution in [0.15, 0.2) is 11.5 Å². The van der Waals surface area contributed by atoms with E-state index in [4.69, 9.17) is 9.39 Å². The molecule has 1 rings (SSSR count). The zero-order chi connectivity index (χ0) is 7.23. The molecule has 1 heterocycles. The van der Waals surface area contributed by atoms with Crippen molar-refractivity contribution in [3.05, 3.63) is 11.5 Å². The van der Waals surface area contributed by atoms with Crippen LogP contribution in [0.3, 0.4) is 0 Å². The first-order chi connectivity index (χ1) is 4.93. The van der Waals surface area contributed by atoms with Gasteiger partial charge in [0.25, 0.3) is 0 Å². The highest BCUT2D eigenvalue weighted by Gasteiger charge is 2.04. The second-order valence-electron chi connectivity index (χ2n) is 2.18. The van der Waals surface area contributed by atoms with Gasteiger partial charge in [-0.3, -0.25) is 0 Å². The molecule has 55 valence electrons. The first-order valence-electron chi connectivity index (χ1n) is 3.65. The van der Waals surface area contributed by atoms with Crippen molar-refractivity contribution in [1.82, 2.24) is 0 Å². The maximum atomic E-state index is 5.13. The molecule has 0 aromatic carbocycles. The lowest BCUT2D eigenvalue weighted by Gasteiger charge is -2.11. The molecule has 1 aliphatic heterocycles. The average molecular weight is 139 g/mol. The molecule has 3 heteroatoms. The maximum absolute atomic E-state index is 5.13. The fourth-order valence-corrected chi connectivity index (χ4v) is 0.839. The SMILES string of the molecule is CCO[B]C1=CCOCC1. The summed E-state index contributed by atoms with van der Waals surface area (Å²) in [6, 6.07) is 0. The van der Waals surface area contributed by atoms with Crippen LogP contribution in [0.1, 0.15) is 13.3 Å². The Morgan fingerprint density at radius 1 is 1.80 bits per heavy atom. The summed E-state index contributed by atoms with van der Waals surface area (Å²) in [6.45, 7) is 4.29. The summed E-state index contributed by atoms with van der Waals surface area (Å²) in [4.78, 5) is 0. The first kappa shape index (κ1) is 7.83. The van der Waals surface area contributed by atoms with E-state index in [9.17, 15) is 0 Å². The highest BCUT2D eigenvalue weighted by Crippen LogP contribution is 2.05. The highest BCUT2D eigenvalue weighted by molar-refractivity contribution is 6.37. The van der Waals surface area contributed by atoms with E-state index in [1.165, 1.54) is 5.47 Å². The summed E-state index contributed by atoms with van der Waals surface area (Å²) < 4.78 is 10.3. The Labute approximate surface area is 62.5 Å². The van der Waals surface area contributed by atoms with E-state index < -0.39 is 0 Å². The largest absolute Gasteiger partial charge is 0.435 e. The molecular weight excluding hydrogens is 127 g/mol. The van der Waals surface area contributed by atoms with Gasteiger partial charge in [-0.15, -0.1) is 0 Å². The fraction of sp³-hybridized carbons (Fsp3) is 0.714. The molecule has 1 radical (unpaired) electrons. The van der Waals surface area contributed by atoms with E-state index >= 15 is 0 Å². The second kappa shape index (κ2) is 4.53. The van der Waals surface area contributed by atoms with Crippen LogP contribution in [0.25, 0.3) is 0 Å². The lowest BCUT2D eigenvalue weighted by molar-refractivity contribution is 0.156. The van der Waals surface area contributed by atoms with Crippen LogP contribution in [0.2, 0.25) is 0 Å². The van der Waals surface area contributed by atoms with E-state index in [2.05, 4.69) is 6.08 Å². The molecule has 1 aliphatic rings. The lowest BCUT2D eigenvalue weighted by atomic mass is 9.84. The molecule has 0 saturated carbocycles. The molecule has 0 saturated heterocycles. The minimum absolute atomic E-state index is 0.735. The summed E-state index contributed by atoms with van der Waals surface area (Å²) in [6.07, 6.45) is 3.04. The summed E-state index contributed by atoms with van der Waals surface area (Å²) >= 11 is 0. The molecule has 0 aliphatic carbocycles. The van der Waals surface area contributed by atoms with Crippen molar-refractivity contribution in [1.29, 1.82) is 0 Å². The van der Waals surface area contributed by atoms with Crippen molar-refractivity contribution >= 4 is 7.48 Å². The van der Waals surface area contributed by atoms with Gasteiger partial charge in [0.2, 0.25) is 0 Å². The quantitative estimate of drug-likeness (QED) is 0.542. The number of hydrogen-bond donors (Lipinski definition) is 0. The molecule has 0 aromatic heterocycles. The number of hydrogen-bond acceptors (Lipinski definition) is 2. The molecule has 0 aromatic rings. The van der Waals surface area contributed by atoms with Crippen LogP contribution in [-0.4, -0.2) is 27.3 Å². The van der Waals surface area contributed by atoms with E-state index in [0.717, 1.165) is 26.2 Å². The first-order valence-corrected chi connectivity index (χ1v) is 3.65. The Kier molecular flexibility index (Phi) is 3.54. The third kappa shape index (κ3) is 2.54. The van der Waals surface area contributed by atoms with Gasteiger partial charge < -0.3 is 9.39 Å². The number of ether oxygens (including phenoxy) is 1. The van der Waals surface area contributed by atoms with Gasteiger partial charge in [-0.25, -0.2) is 0 Å². The monoisotopic (exact) mass is 139 g/mol. The van der Waals surface area contributed by atoms with Crippen molar-refractivity contribution in [2.24, 2.45) is 0 Å². The minimum atomic E-state index is 0.735. The van der Waals surface area contributed by atoms with Crippen molar-refractivity contribution in [3.63, 3.8) is 0 Å². The molecule has 2 nitrogen and oxygen atoms in total. The normalized spacial score (nSPS) is 18.3. The molecule has 0 N–H and O–H groups in total. The van der Waals surface area contributed by atoms with Gasteiger partial charge in [-0.1, -0.05) is 11.5 Å². The Morgan fingerprint density at radius 3 is 3.30 bits per heavy atom. The van der Waals surface area contributed by atoms with Gasteiger partial charge in [0.05, 0.1) is 6.61 Å². The predicted octanol–water partition coefficient (Wildman–Crippen LogP) is 0.946. The summed E-state index contributed by atoms with van der Waals surface area (Å²) in [7, 11) is 1.82. The average Bonchev–Trinajstić information content (AvgIpc) is 2.03. The molecule has 0 unspecified atom stereocenters. The van der Waals surface area contributed by atoms with Crippen molar-refractivity contribution in [3.8, 4) is 0 Å². The van der Waals surface area contributed by atoms with Crippen LogP contribution in [0, 0.1) is 0 Å². The van der Waals surface area contributed by atoms with Crippen molar-refractivity contribution < 1.29 is 9.39 Å². The molecule has 10 heavy (non-hydrogen) atoms. The molecule has 0 bridgehead atoms. The van der Waals surface area contributed by atoms with Gasteiger partial charge in [0.1, 0.15) is 0 Å². The smallest absolute Gasteiger partial charge is 0.325 e. The van der Waals surface area contributed by atoms with Crippen LogP contribution >= 0.6 is 0 Å². The third-order valence-electron chi connectivity index (χ3n) is 1.40. The predicted molar refractivity (Wildman–Crippen MR) is 40.9 cm³/mol. The maximum Gasteiger partial charge on any atom is 0.325 e. The highest BCUT2D eigenvalue weighted by atomic mass is 16.5. The van der Waals surface area contributed by atoms with Gasteiger partial charge >= 0.3 is 7.48 Å². The van der Waals surface area contributed by atoms with Crippen molar-refractivity contribution in [2.75, 3.05) is 19.8 Å². The summed E-state index contributed by atoms with van der Waals surface area (Å²) in [5, 5.41) is 0. The van der Waals surface area contributed by atoms with E-state index in [1.807, 2.05) is 14.4 Å². The zero-order valence-electron chi connectivity index (χ0n) is 6.30. The van der Waals surface area contributed by atoms with E-state index in [1.54, 1.807) is 0 Å². The van der Waals surface area contributed by atoms with Crippen molar-refractivity contribution in [2.45, 2.75) is 13.3 Å². The zero-order valence-corrected chi connectivity index (χ0v) is 6.30. The molecular formula is C7H12BO2. The second-order valence-corrected chi connectivity index (χ2v) is 2.18. The molecule has 0 spiro atoms. The van der Waals surface area contributed by atoms with Crippen LogP contribution in [0.4, 0.5) is 0 Å². The topological polar surface area (TPSA) is 18.5 Å². The van der Waals surface area contributed by atoms with Gasteiger partial charge in [0, 0.05) is 13.2 Å². The third-order valence-corrected chi connectivity index (χ3v) is 1.40. The Balaban J connectivity index is 2.18. The molecule has 0 fully saturated rings. The van der Waals surface area contributed by atoms with E-state index in [0.29, 0.717) is 0 Å².